The molecule has 0 aliphatic carbocycles. The van der Waals surface area contributed by atoms with Crippen LogP contribution in [0.25, 0.3) is 0 Å². The number of carbonyl (C=O) groups excluding carboxylic acids is 2. The van der Waals surface area contributed by atoms with E-state index in [1.165, 1.54) is 31.4 Å². The molecule has 0 atom stereocenters. The Morgan fingerprint density at radius 3 is 2.91 bits per heavy atom. The maximum atomic E-state index is 14.4. The molecule has 4 N–H and O–H groups in total. The van der Waals surface area contributed by atoms with Gasteiger partial charge in [-0.3, -0.25) is 9.59 Å². The van der Waals surface area contributed by atoms with E-state index in [0.717, 1.165) is 0 Å². The normalized spacial score (nSPS) is 12.7. The molecule has 1 aromatic heterocycles. The molecule has 9 nitrogen and oxygen atoms in total. The number of nitrogens with zero attached hydrogens (tertiary/aromatic N) is 2. The molecule has 11 heteroatoms. The SMILES string of the molecule is CNC(=O)c1cccc(F)c1Nc1nc(Nc2ccc3c(c2)C(=O)NCCO3)ncc1Cl. The molecule has 0 unspecified atom stereocenters. The van der Waals surface area contributed by atoms with Crippen LogP contribution in [0.5, 0.6) is 5.75 Å². The molecule has 0 radical (unpaired) electrons. The third kappa shape index (κ3) is 4.40. The van der Waals surface area contributed by atoms with Crippen LogP contribution in [0.4, 0.5) is 27.5 Å². The van der Waals surface area contributed by atoms with Crippen LogP contribution in [0.15, 0.2) is 42.6 Å². The number of para-hydroxylation sites is 1. The van der Waals surface area contributed by atoms with Gasteiger partial charge in [-0.15, -0.1) is 0 Å². The number of carbonyl (C=O) groups is 2. The van der Waals surface area contributed by atoms with E-state index in [2.05, 4.69) is 31.2 Å². The molecule has 2 heterocycles. The van der Waals surface area contributed by atoms with E-state index in [-0.39, 0.29) is 33.9 Å². The quantitative estimate of drug-likeness (QED) is 0.465. The number of benzene rings is 2. The van der Waals surface area contributed by atoms with Gasteiger partial charge in [-0.2, -0.15) is 4.98 Å². The predicted octanol–water partition coefficient (Wildman–Crippen LogP) is 3.24. The van der Waals surface area contributed by atoms with Crippen molar-refractivity contribution in [3.8, 4) is 5.75 Å². The van der Waals surface area contributed by atoms with Crippen molar-refractivity contribution in [3.05, 3.63) is 64.6 Å². The highest BCUT2D eigenvalue weighted by Gasteiger charge is 2.18. The van der Waals surface area contributed by atoms with Crippen molar-refractivity contribution >= 4 is 46.6 Å². The Morgan fingerprint density at radius 1 is 1.25 bits per heavy atom. The number of anilines is 4. The summed E-state index contributed by atoms with van der Waals surface area (Å²) in [4.78, 5) is 32.7. The van der Waals surface area contributed by atoms with Crippen molar-refractivity contribution in [2.45, 2.75) is 0 Å². The highest BCUT2D eigenvalue weighted by molar-refractivity contribution is 6.33. The zero-order valence-electron chi connectivity index (χ0n) is 16.8. The summed E-state index contributed by atoms with van der Waals surface area (Å²) in [5.41, 5.74) is 0.932. The van der Waals surface area contributed by atoms with Crippen LogP contribution in [-0.2, 0) is 0 Å². The van der Waals surface area contributed by atoms with Crippen molar-refractivity contribution in [1.82, 2.24) is 20.6 Å². The highest BCUT2D eigenvalue weighted by atomic mass is 35.5. The van der Waals surface area contributed by atoms with Crippen LogP contribution in [0.1, 0.15) is 20.7 Å². The van der Waals surface area contributed by atoms with Crippen molar-refractivity contribution in [1.29, 1.82) is 0 Å². The second-order valence-electron chi connectivity index (χ2n) is 6.70. The average molecular weight is 457 g/mol. The molecule has 3 aromatic rings. The summed E-state index contributed by atoms with van der Waals surface area (Å²) in [6.07, 6.45) is 1.33. The summed E-state index contributed by atoms with van der Waals surface area (Å²) >= 11 is 6.19. The Labute approximate surface area is 187 Å². The van der Waals surface area contributed by atoms with Crippen molar-refractivity contribution in [2.24, 2.45) is 0 Å². The standard InChI is InChI=1S/C21H18ClFN6O3/c1-24-19(30)12-3-2-4-15(23)17(12)28-18-14(22)10-26-21(29-18)27-11-5-6-16-13(9-11)20(31)25-7-8-32-16/h2-6,9-10H,7-8H2,1H3,(H,24,30)(H,25,31)(H2,26,27,28,29). The van der Waals surface area contributed by atoms with Crippen LogP contribution < -0.4 is 26.0 Å². The van der Waals surface area contributed by atoms with Crippen LogP contribution in [0, 0.1) is 5.82 Å². The molecular weight excluding hydrogens is 439 g/mol. The van der Waals surface area contributed by atoms with Gasteiger partial charge in [-0.25, -0.2) is 9.37 Å². The fraction of sp³-hybridized carbons (Fsp3) is 0.143. The Kier molecular flexibility index (Phi) is 6.04. The first kappa shape index (κ1) is 21.3. The molecule has 0 spiro atoms. The van der Waals surface area contributed by atoms with Gasteiger partial charge in [0.15, 0.2) is 5.82 Å². The van der Waals surface area contributed by atoms with Gasteiger partial charge in [0.05, 0.1) is 29.6 Å². The molecule has 0 fully saturated rings. The number of hydrogen-bond donors (Lipinski definition) is 4. The van der Waals surface area contributed by atoms with Crippen LogP contribution in [0.2, 0.25) is 5.02 Å². The second-order valence-corrected chi connectivity index (χ2v) is 7.10. The monoisotopic (exact) mass is 456 g/mol. The minimum atomic E-state index is -0.646. The first-order valence-corrected chi connectivity index (χ1v) is 9.96. The van der Waals surface area contributed by atoms with Crippen LogP contribution in [-0.4, -0.2) is 42.0 Å². The number of amides is 2. The van der Waals surface area contributed by atoms with Gasteiger partial charge in [-0.1, -0.05) is 17.7 Å². The molecule has 1 aliphatic rings. The summed E-state index contributed by atoms with van der Waals surface area (Å²) in [6, 6.07) is 9.11. The Bertz CT molecular complexity index is 1210. The Hall–Kier alpha value is -3.92. The Morgan fingerprint density at radius 2 is 2.09 bits per heavy atom. The van der Waals surface area contributed by atoms with Crippen LogP contribution in [0.3, 0.4) is 0 Å². The third-order valence-corrected chi connectivity index (χ3v) is 4.87. The second kappa shape index (κ2) is 9.06. The smallest absolute Gasteiger partial charge is 0.255 e. The fourth-order valence-electron chi connectivity index (χ4n) is 3.07. The lowest BCUT2D eigenvalue weighted by Gasteiger charge is -2.14. The summed E-state index contributed by atoms with van der Waals surface area (Å²) in [7, 11) is 1.45. The molecule has 164 valence electrons. The lowest BCUT2D eigenvalue weighted by Crippen LogP contribution is -2.24. The first-order valence-electron chi connectivity index (χ1n) is 9.58. The Balaban J connectivity index is 1.63. The molecule has 32 heavy (non-hydrogen) atoms. The zero-order valence-corrected chi connectivity index (χ0v) is 17.6. The van der Waals surface area contributed by atoms with Gasteiger partial charge in [0.25, 0.3) is 11.8 Å². The van der Waals surface area contributed by atoms with E-state index in [0.29, 0.717) is 30.2 Å². The van der Waals surface area contributed by atoms with Gasteiger partial charge in [0, 0.05) is 12.7 Å². The van der Waals surface area contributed by atoms with Crippen LogP contribution >= 0.6 is 11.6 Å². The van der Waals surface area contributed by atoms with E-state index in [1.54, 1.807) is 18.2 Å². The predicted molar refractivity (Wildman–Crippen MR) is 118 cm³/mol. The highest BCUT2D eigenvalue weighted by Crippen LogP contribution is 2.30. The van der Waals surface area contributed by atoms with Crippen molar-refractivity contribution in [2.75, 3.05) is 30.8 Å². The molecule has 2 aromatic carbocycles. The summed E-state index contributed by atoms with van der Waals surface area (Å²) in [5.74, 6) is -0.652. The molecule has 0 bridgehead atoms. The molecule has 2 amide bonds. The summed E-state index contributed by atoms with van der Waals surface area (Å²) < 4.78 is 20.0. The van der Waals surface area contributed by atoms with E-state index in [9.17, 15) is 14.0 Å². The topological polar surface area (TPSA) is 117 Å². The number of ether oxygens (including phenoxy) is 1. The minimum Gasteiger partial charge on any atom is -0.491 e. The largest absolute Gasteiger partial charge is 0.491 e. The van der Waals surface area contributed by atoms with E-state index >= 15 is 0 Å². The number of aromatic nitrogens is 2. The molecular formula is C21H18ClFN6O3. The van der Waals surface area contributed by atoms with E-state index in [1.807, 2.05) is 0 Å². The number of halogens is 2. The van der Waals surface area contributed by atoms with Crippen molar-refractivity contribution < 1.29 is 18.7 Å². The maximum absolute atomic E-state index is 14.4. The van der Waals surface area contributed by atoms with Gasteiger partial charge < -0.3 is 26.0 Å². The van der Waals surface area contributed by atoms with Gasteiger partial charge in [0.2, 0.25) is 5.95 Å². The minimum absolute atomic E-state index is 0.0720. The lowest BCUT2D eigenvalue weighted by molar-refractivity contribution is 0.0951. The van der Waals surface area contributed by atoms with Gasteiger partial charge in [0.1, 0.15) is 23.2 Å². The summed E-state index contributed by atoms with van der Waals surface area (Å²) in [5, 5.41) is 11.1. The number of fused-ring (bicyclic) bond motifs is 1. The van der Waals surface area contributed by atoms with Gasteiger partial charge in [-0.05, 0) is 30.3 Å². The molecule has 1 aliphatic heterocycles. The molecule has 4 rings (SSSR count). The van der Waals surface area contributed by atoms with Gasteiger partial charge >= 0.3 is 0 Å². The molecule has 0 saturated heterocycles. The number of nitrogens with one attached hydrogen (secondary N) is 4. The third-order valence-electron chi connectivity index (χ3n) is 4.60. The number of rotatable bonds is 5. The zero-order chi connectivity index (χ0) is 22.7. The number of hydrogen-bond acceptors (Lipinski definition) is 7. The van der Waals surface area contributed by atoms with E-state index in [4.69, 9.17) is 16.3 Å². The molecule has 0 saturated carbocycles. The lowest BCUT2D eigenvalue weighted by atomic mass is 10.1. The van der Waals surface area contributed by atoms with Crippen molar-refractivity contribution in [3.63, 3.8) is 0 Å². The average Bonchev–Trinajstić information content (AvgIpc) is 2.98. The maximum Gasteiger partial charge on any atom is 0.255 e. The first-order chi connectivity index (χ1) is 15.5. The summed E-state index contributed by atoms with van der Waals surface area (Å²) in [6.45, 7) is 0.800. The fourth-order valence-corrected chi connectivity index (χ4v) is 3.21. The van der Waals surface area contributed by atoms with E-state index < -0.39 is 11.7 Å².